The van der Waals surface area contributed by atoms with Gasteiger partial charge < -0.3 is 20.3 Å². The van der Waals surface area contributed by atoms with Gasteiger partial charge in [0.2, 0.25) is 0 Å². The van der Waals surface area contributed by atoms with Crippen LogP contribution in [0.1, 0.15) is 37.1 Å². The summed E-state index contributed by atoms with van der Waals surface area (Å²) in [6.07, 6.45) is 4.88. The van der Waals surface area contributed by atoms with E-state index in [4.69, 9.17) is 20.2 Å². The monoisotopic (exact) mass is 430 g/mol. The number of aryl methyl sites for hydroxylation is 1. The summed E-state index contributed by atoms with van der Waals surface area (Å²) < 4.78 is 13.7. The summed E-state index contributed by atoms with van der Waals surface area (Å²) in [6.45, 7) is 3.88. The zero-order valence-corrected chi connectivity index (χ0v) is 18.4. The number of nitrogens with zero attached hydrogens (tertiary/aromatic N) is 3. The molecule has 2 aromatic heterocycles. The lowest BCUT2D eigenvalue weighted by atomic mass is 9.72. The third-order valence-electron chi connectivity index (χ3n) is 6.00. The highest BCUT2D eigenvalue weighted by molar-refractivity contribution is 5.86. The maximum absolute atomic E-state index is 10.2. The number of aromatic nitrogens is 3. The second-order valence-corrected chi connectivity index (χ2v) is 8.74. The van der Waals surface area contributed by atoms with Gasteiger partial charge in [0.05, 0.1) is 12.7 Å². The Balaban J connectivity index is 1.57. The van der Waals surface area contributed by atoms with Crippen LogP contribution < -0.4 is 15.2 Å². The fourth-order valence-corrected chi connectivity index (χ4v) is 4.47. The first-order valence-corrected chi connectivity index (χ1v) is 10.6. The average Bonchev–Trinajstić information content (AvgIpc) is 3.13. The van der Waals surface area contributed by atoms with Crippen molar-refractivity contribution in [2.75, 3.05) is 12.8 Å². The molecule has 32 heavy (non-hydrogen) atoms. The Morgan fingerprint density at radius 3 is 2.69 bits per heavy atom. The maximum Gasteiger partial charge on any atom is 0.169 e. The van der Waals surface area contributed by atoms with E-state index in [0.717, 1.165) is 33.9 Å². The Labute approximate surface area is 186 Å². The molecule has 1 aliphatic carbocycles. The van der Waals surface area contributed by atoms with Crippen molar-refractivity contribution in [3.63, 3.8) is 0 Å². The van der Waals surface area contributed by atoms with Crippen LogP contribution >= 0.6 is 0 Å². The van der Waals surface area contributed by atoms with Crippen molar-refractivity contribution in [3.05, 3.63) is 66.2 Å². The number of hydrogen-bond donors (Lipinski definition) is 2. The number of nitrogen functional groups attached to an aromatic ring is 1. The maximum atomic E-state index is 10.2. The second-order valence-electron chi connectivity index (χ2n) is 8.74. The lowest BCUT2D eigenvalue weighted by molar-refractivity contribution is -0.0335. The molecule has 1 saturated carbocycles. The minimum atomic E-state index is -0.646. The molecule has 1 fully saturated rings. The summed E-state index contributed by atoms with van der Waals surface area (Å²) in [5.74, 6) is 3.42. The average molecular weight is 431 g/mol. The number of methoxy groups -OCH3 is 1. The van der Waals surface area contributed by atoms with Crippen molar-refractivity contribution in [3.8, 4) is 28.5 Å². The predicted molar refractivity (Wildman–Crippen MR) is 123 cm³/mol. The number of hydrogen-bond acceptors (Lipinski definition) is 6. The first-order valence-electron chi connectivity index (χ1n) is 10.6. The Bertz CT molecular complexity index is 1300. The lowest BCUT2D eigenvalue weighted by Crippen LogP contribution is -2.40. The van der Waals surface area contributed by atoms with E-state index in [0.29, 0.717) is 30.2 Å². The first-order chi connectivity index (χ1) is 15.3. The highest BCUT2D eigenvalue weighted by Gasteiger charge is 2.41. The quantitative estimate of drug-likeness (QED) is 0.476. The summed E-state index contributed by atoms with van der Waals surface area (Å²) in [5, 5.41) is 10.2. The van der Waals surface area contributed by atoms with Crippen molar-refractivity contribution >= 4 is 11.3 Å². The number of benzene rings is 2. The van der Waals surface area contributed by atoms with E-state index in [1.807, 2.05) is 66.9 Å². The van der Waals surface area contributed by atoms with E-state index in [1.165, 1.54) is 0 Å². The molecule has 0 aliphatic heterocycles. The summed E-state index contributed by atoms with van der Waals surface area (Å²) >= 11 is 0. The zero-order chi connectivity index (χ0) is 22.5. The topological polar surface area (TPSA) is 94.9 Å². The summed E-state index contributed by atoms with van der Waals surface area (Å²) in [6, 6.07) is 13.6. The number of anilines is 1. The van der Waals surface area contributed by atoms with Crippen LogP contribution in [0.25, 0.3) is 16.8 Å². The van der Waals surface area contributed by atoms with Crippen molar-refractivity contribution in [1.82, 2.24) is 14.4 Å². The molecule has 0 bridgehead atoms. The van der Waals surface area contributed by atoms with E-state index in [9.17, 15) is 5.11 Å². The van der Waals surface area contributed by atoms with Gasteiger partial charge in [-0.3, -0.25) is 4.40 Å². The van der Waals surface area contributed by atoms with E-state index in [1.54, 1.807) is 13.3 Å². The van der Waals surface area contributed by atoms with Crippen LogP contribution in [0, 0.1) is 6.92 Å². The Kier molecular flexibility index (Phi) is 4.78. The molecule has 0 atom stereocenters. The van der Waals surface area contributed by atoms with Crippen molar-refractivity contribution in [2.24, 2.45) is 0 Å². The van der Waals surface area contributed by atoms with E-state index in [2.05, 4.69) is 4.98 Å². The van der Waals surface area contributed by atoms with Crippen LogP contribution in [0.5, 0.6) is 17.2 Å². The summed E-state index contributed by atoms with van der Waals surface area (Å²) in [5.41, 5.74) is 9.07. The van der Waals surface area contributed by atoms with Gasteiger partial charge >= 0.3 is 0 Å². The molecule has 2 heterocycles. The molecule has 4 aromatic rings. The molecular formula is C25H26N4O3. The molecule has 3 N–H and O–H groups in total. The van der Waals surface area contributed by atoms with Crippen LogP contribution in [0.4, 0.5) is 5.82 Å². The molecule has 5 rings (SSSR count). The third kappa shape index (κ3) is 3.54. The number of fused-ring (bicyclic) bond motifs is 1. The largest absolute Gasteiger partial charge is 0.493 e. The van der Waals surface area contributed by atoms with Gasteiger partial charge in [-0.2, -0.15) is 0 Å². The van der Waals surface area contributed by atoms with E-state index in [-0.39, 0.29) is 5.92 Å². The van der Waals surface area contributed by atoms with Crippen LogP contribution in [-0.2, 0) is 0 Å². The highest BCUT2D eigenvalue weighted by Crippen LogP contribution is 2.46. The van der Waals surface area contributed by atoms with Crippen LogP contribution in [0.2, 0.25) is 0 Å². The first kappa shape index (κ1) is 20.3. The Hall–Kier alpha value is -3.58. The molecule has 0 saturated heterocycles. The fourth-order valence-electron chi connectivity index (χ4n) is 4.47. The lowest BCUT2D eigenvalue weighted by Gasteiger charge is -2.40. The molecule has 7 heteroatoms. The molecule has 2 aromatic carbocycles. The van der Waals surface area contributed by atoms with Gasteiger partial charge in [0.25, 0.3) is 0 Å². The molecular weight excluding hydrogens is 404 g/mol. The normalized spacial score (nSPS) is 20.2. The van der Waals surface area contributed by atoms with Gasteiger partial charge in [0.1, 0.15) is 28.6 Å². The summed E-state index contributed by atoms with van der Waals surface area (Å²) in [4.78, 5) is 9.22. The van der Waals surface area contributed by atoms with Crippen molar-refractivity contribution < 1.29 is 14.6 Å². The zero-order valence-electron chi connectivity index (χ0n) is 18.4. The fraction of sp³-hybridized carbons (Fsp3) is 0.280. The number of nitrogens with two attached hydrogens (primary N) is 1. The van der Waals surface area contributed by atoms with Gasteiger partial charge in [-0.15, -0.1) is 0 Å². The van der Waals surface area contributed by atoms with E-state index >= 15 is 0 Å². The second kappa shape index (κ2) is 7.53. The Morgan fingerprint density at radius 1 is 1.16 bits per heavy atom. The smallest absolute Gasteiger partial charge is 0.169 e. The van der Waals surface area contributed by atoms with Gasteiger partial charge in [-0.25, -0.2) is 9.97 Å². The van der Waals surface area contributed by atoms with Gasteiger partial charge in [-0.1, -0.05) is 12.1 Å². The van der Waals surface area contributed by atoms with E-state index < -0.39 is 5.60 Å². The molecule has 7 nitrogen and oxygen atoms in total. The minimum Gasteiger partial charge on any atom is -0.493 e. The number of imidazole rings is 1. The standard InChI is InChI=1S/C25H26N4O3/c1-15-5-4-6-18(11-15)32-19-8-7-16(12-20(19)31-3)21-22-23(26)27-9-10-29(22)24(28-21)17-13-25(2,30)14-17/h4-12,17,30H,13-14H2,1-3H3,(H2,26,27)/t17-,25+. The Morgan fingerprint density at radius 2 is 1.97 bits per heavy atom. The van der Waals surface area contributed by atoms with Crippen molar-refractivity contribution in [2.45, 2.75) is 38.2 Å². The molecule has 0 radical (unpaired) electrons. The SMILES string of the molecule is COc1cc(-c2nc([C@H]3C[C@@](C)(O)C3)n3ccnc(N)c23)ccc1Oc1cccc(C)c1. The molecule has 1 aliphatic rings. The molecule has 164 valence electrons. The number of aliphatic hydroxyl groups is 1. The van der Waals surface area contributed by atoms with Gasteiger partial charge in [-0.05, 0) is 62.6 Å². The predicted octanol–water partition coefficient (Wildman–Crippen LogP) is 4.72. The molecule has 0 spiro atoms. The van der Waals surface area contributed by atoms with Crippen LogP contribution in [0.3, 0.4) is 0 Å². The van der Waals surface area contributed by atoms with Crippen LogP contribution in [0.15, 0.2) is 54.9 Å². The number of rotatable bonds is 5. The minimum absolute atomic E-state index is 0.166. The van der Waals surface area contributed by atoms with Gasteiger partial charge in [0.15, 0.2) is 11.5 Å². The summed E-state index contributed by atoms with van der Waals surface area (Å²) in [7, 11) is 1.62. The van der Waals surface area contributed by atoms with Gasteiger partial charge in [0, 0.05) is 23.9 Å². The third-order valence-corrected chi connectivity index (χ3v) is 6.00. The molecule has 0 unspecified atom stereocenters. The van der Waals surface area contributed by atoms with Crippen molar-refractivity contribution in [1.29, 1.82) is 0 Å². The highest BCUT2D eigenvalue weighted by atomic mass is 16.5. The number of ether oxygens (including phenoxy) is 2. The van der Waals surface area contributed by atoms with Crippen LogP contribution in [-0.4, -0.2) is 32.2 Å². The molecule has 0 amide bonds.